The highest BCUT2D eigenvalue weighted by Crippen LogP contribution is 2.39. The zero-order valence-electron chi connectivity index (χ0n) is 50.1. The average Bonchev–Trinajstić information content (AvgIpc) is 0.956. The molecule has 3 aromatic heterocycles. The SMILES string of the molecule is C.C.C.O=C(Oc1cc(O)cc(O)c1C(=O)O)c1ccc(O)c(O)c1.O=C(Oc1ccccc1C(=O)O)c1ccccc1.O=c1c(O)c(-c2ccc(O)c(O)c2)oc2cc(O)cc(O)c12.O=c1c(O)c(-c2ccccc2)oc2ccccc12.O=c1c(O)c(-c2ccccc2)oc2ccccc12. The summed E-state index contributed by atoms with van der Waals surface area (Å²) >= 11 is 0. The van der Waals surface area contributed by atoms with Gasteiger partial charge in [0.2, 0.25) is 33.5 Å². The van der Waals surface area contributed by atoms with Crippen LogP contribution in [0.5, 0.6) is 74.7 Å². The molecule has 0 spiro atoms. The first-order valence-corrected chi connectivity index (χ1v) is 28.4. The van der Waals surface area contributed by atoms with Crippen LogP contribution in [0.15, 0.2) is 252 Å². The smallest absolute Gasteiger partial charge is 0.343 e. The second-order valence-electron chi connectivity index (χ2n) is 20.4. The summed E-state index contributed by atoms with van der Waals surface area (Å²) in [6.07, 6.45) is 0. The van der Waals surface area contributed by atoms with Gasteiger partial charge < -0.3 is 89.1 Å². The Morgan fingerprint density at radius 2 is 0.733 bits per heavy atom. The largest absolute Gasteiger partial charge is 0.508 e. The summed E-state index contributed by atoms with van der Waals surface area (Å²) in [5.74, 6) is -10.1. The van der Waals surface area contributed by atoms with Crippen molar-refractivity contribution in [1.29, 1.82) is 0 Å². The Morgan fingerprint density at radius 3 is 1.25 bits per heavy atom. The number of esters is 2. The molecular weight excluding hydrogens is 1310 g/mol. The molecule has 25 nitrogen and oxygen atoms in total. The summed E-state index contributed by atoms with van der Waals surface area (Å²) in [7, 11) is 0. The summed E-state index contributed by atoms with van der Waals surface area (Å²) in [6, 6.07) is 56.7. The molecule has 0 amide bonds. The van der Waals surface area contributed by atoms with Gasteiger partial charge in [0.25, 0.3) is 0 Å². The molecule has 25 heteroatoms. The fourth-order valence-electron chi connectivity index (χ4n) is 9.13. The fraction of sp³-hybridized carbons (Fsp3) is 0.0395. The number of para-hydroxylation sites is 3. The molecule has 13 aromatic rings. The lowest BCUT2D eigenvalue weighted by molar-refractivity contribution is 0.0660. The lowest BCUT2D eigenvalue weighted by atomic mass is 10.1. The van der Waals surface area contributed by atoms with Crippen LogP contribution in [0.3, 0.4) is 0 Å². The molecule has 0 aliphatic rings. The van der Waals surface area contributed by atoms with E-state index in [1.54, 1.807) is 115 Å². The van der Waals surface area contributed by atoms with Gasteiger partial charge in [-0.25, -0.2) is 19.2 Å². The summed E-state index contributed by atoms with van der Waals surface area (Å²) < 4.78 is 26.5. The number of benzene rings is 10. The summed E-state index contributed by atoms with van der Waals surface area (Å²) in [5, 5.41) is 124. The minimum absolute atomic E-state index is 0. The van der Waals surface area contributed by atoms with Gasteiger partial charge in [0.1, 0.15) is 62.0 Å². The number of carboxylic acid groups (broad SMARTS) is 2. The van der Waals surface area contributed by atoms with E-state index in [9.17, 15) is 84.6 Å². The van der Waals surface area contributed by atoms with Crippen LogP contribution in [0.4, 0.5) is 0 Å². The standard InChI is InChI=1S/C15H10O7.2C15H10O3.C14H10O8.C14H10O4.3CH4/c16-7-4-10(19)12-11(5-7)22-15(14(21)13(12)20)6-1-2-8(17)9(18)3-6;2*16-13-11-8-4-5-9-12(11)18-15(14(13)17)10-6-2-1-3-7-10;15-7-4-10(18)12(13(19)20)11(5-7)22-14(21)6-1-2-8(16)9(17)3-6;15-13(16)11-8-4-5-9-12(11)18-14(17)10-6-2-1-3-7-10;;;/h1-5,16-19,21H;2*1-9,17H;1-5,15-18H,(H,19,20);1-9H,(H,15,16);3*1H4. The molecule has 0 aliphatic heterocycles. The first kappa shape index (κ1) is 75.5. The van der Waals surface area contributed by atoms with Crippen molar-refractivity contribution in [3.63, 3.8) is 0 Å². The van der Waals surface area contributed by atoms with E-state index in [0.717, 1.165) is 54.6 Å². The number of hydrogen-bond donors (Lipinski definition) is 13. The monoisotopic (exact) mass is 1370 g/mol. The number of fused-ring (bicyclic) bond motifs is 3. The third-order valence-electron chi connectivity index (χ3n) is 13.8. The molecule has 0 atom stereocenters. The second kappa shape index (κ2) is 33.3. The molecule has 0 bridgehead atoms. The third kappa shape index (κ3) is 17.5. The van der Waals surface area contributed by atoms with E-state index in [2.05, 4.69) is 0 Å². The normalized spacial score (nSPS) is 10.1. The minimum atomic E-state index is -1.56. The number of aromatic hydroxyl groups is 11. The van der Waals surface area contributed by atoms with Gasteiger partial charge >= 0.3 is 23.9 Å². The van der Waals surface area contributed by atoms with E-state index in [1.165, 1.54) is 18.2 Å². The number of phenols is 8. The predicted octanol–water partition coefficient (Wildman–Crippen LogP) is 14.3. The highest BCUT2D eigenvalue weighted by Gasteiger charge is 2.24. The zero-order valence-corrected chi connectivity index (χ0v) is 50.1. The molecule has 0 unspecified atom stereocenters. The van der Waals surface area contributed by atoms with E-state index in [-0.39, 0.29) is 96.0 Å². The van der Waals surface area contributed by atoms with Gasteiger partial charge in [-0.3, -0.25) is 14.4 Å². The maximum Gasteiger partial charge on any atom is 0.343 e. The van der Waals surface area contributed by atoms with Gasteiger partial charge in [0, 0.05) is 41.0 Å². The van der Waals surface area contributed by atoms with E-state index < -0.39 is 91.7 Å². The van der Waals surface area contributed by atoms with Gasteiger partial charge in [-0.1, -0.05) is 138 Å². The Bertz CT molecular complexity index is 5220. The van der Waals surface area contributed by atoms with Gasteiger partial charge in [-0.05, 0) is 84.9 Å². The lowest BCUT2D eigenvalue weighted by Gasteiger charge is -2.10. The molecule has 0 aliphatic carbocycles. The highest BCUT2D eigenvalue weighted by atomic mass is 16.5. The minimum Gasteiger partial charge on any atom is -0.508 e. The number of aromatic carboxylic acids is 2. The van der Waals surface area contributed by atoms with Gasteiger partial charge in [-0.2, -0.15) is 0 Å². The first-order chi connectivity index (χ1) is 46.9. The summed E-state index contributed by atoms with van der Waals surface area (Å²) in [5.41, 5.74) is 0.0577. The molecule has 10 aromatic carbocycles. The van der Waals surface area contributed by atoms with E-state index in [1.807, 2.05) is 36.4 Å². The van der Waals surface area contributed by atoms with Crippen LogP contribution in [-0.2, 0) is 0 Å². The molecule has 13 N–H and O–H groups in total. The molecule has 0 radical (unpaired) electrons. The van der Waals surface area contributed by atoms with Crippen molar-refractivity contribution >= 4 is 56.8 Å². The summed E-state index contributed by atoms with van der Waals surface area (Å²) in [4.78, 5) is 81.9. The number of carboxylic acids is 2. The number of ether oxygens (including phenoxy) is 2. The van der Waals surface area contributed by atoms with Crippen LogP contribution in [0.2, 0.25) is 0 Å². The van der Waals surface area contributed by atoms with Gasteiger partial charge in [0.05, 0.1) is 21.9 Å². The lowest BCUT2D eigenvalue weighted by Crippen LogP contribution is -2.11. The van der Waals surface area contributed by atoms with Crippen LogP contribution in [0.25, 0.3) is 66.9 Å². The number of carbonyl (C=O) groups excluding carboxylic acids is 2. The van der Waals surface area contributed by atoms with Crippen molar-refractivity contribution < 1.29 is 108 Å². The number of hydrogen-bond acceptors (Lipinski definition) is 23. The highest BCUT2D eigenvalue weighted by molar-refractivity contribution is 5.98. The maximum atomic E-state index is 12.1. The van der Waals surface area contributed by atoms with Crippen molar-refractivity contribution in [2.24, 2.45) is 0 Å². The van der Waals surface area contributed by atoms with E-state index in [0.29, 0.717) is 38.6 Å². The van der Waals surface area contributed by atoms with Gasteiger partial charge in [-0.15, -0.1) is 0 Å². The second-order valence-corrected chi connectivity index (χ2v) is 20.4. The van der Waals surface area contributed by atoms with Crippen molar-refractivity contribution in [3.8, 4) is 109 Å². The molecule has 516 valence electrons. The molecule has 13 rings (SSSR count). The maximum absolute atomic E-state index is 12.1. The topological polar surface area (TPSA) is 440 Å². The summed E-state index contributed by atoms with van der Waals surface area (Å²) in [6.45, 7) is 0. The predicted molar refractivity (Wildman–Crippen MR) is 372 cm³/mol. The molecule has 0 saturated carbocycles. The first-order valence-electron chi connectivity index (χ1n) is 28.4. The third-order valence-corrected chi connectivity index (χ3v) is 13.8. The van der Waals surface area contributed by atoms with Gasteiger partial charge in [0.15, 0.2) is 46.0 Å². The van der Waals surface area contributed by atoms with Crippen molar-refractivity contribution in [3.05, 3.63) is 277 Å². The van der Waals surface area contributed by atoms with Crippen molar-refractivity contribution in [2.75, 3.05) is 0 Å². The Morgan fingerprint density at radius 1 is 0.317 bits per heavy atom. The Labute approximate surface area is 571 Å². The van der Waals surface area contributed by atoms with Crippen LogP contribution in [0.1, 0.15) is 63.7 Å². The van der Waals surface area contributed by atoms with Crippen LogP contribution in [0, 0.1) is 0 Å². The molecule has 0 fully saturated rings. The average molecular weight is 1380 g/mol. The Kier molecular flexibility index (Phi) is 24.9. The Hall–Kier alpha value is -14.5. The van der Waals surface area contributed by atoms with Crippen molar-refractivity contribution in [1.82, 2.24) is 0 Å². The number of phenolic OH excluding ortho intramolecular Hbond substituents is 7. The van der Waals surface area contributed by atoms with E-state index >= 15 is 0 Å². The van der Waals surface area contributed by atoms with Crippen LogP contribution >= 0.6 is 0 Å². The molecular formula is C76H62O25. The van der Waals surface area contributed by atoms with E-state index in [4.69, 9.17) is 38.0 Å². The molecule has 3 heterocycles. The molecule has 0 saturated heterocycles. The van der Waals surface area contributed by atoms with Crippen molar-refractivity contribution in [2.45, 2.75) is 22.3 Å². The number of carbonyl (C=O) groups is 4. The zero-order chi connectivity index (χ0) is 70.5. The Balaban J connectivity index is 0.000000198. The fourth-order valence-corrected chi connectivity index (χ4v) is 9.13. The quantitative estimate of drug-likeness (QED) is 0.0363. The molecule has 101 heavy (non-hydrogen) atoms. The van der Waals surface area contributed by atoms with Crippen LogP contribution < -0.4 is 25.8 Å². The van der Waals surface area contributed by atoms with Crippen LogP contribution in [-0.4, -0.2) is 90.3 Å². The number of rotatable bonds is 9.